The Morgan fingerprint density at radius 3 is 2.69 bits per heavy atom. The van der Waals surface area contributed by atoms with Crippen molar-refractivity contribution in [3.8, 4) is 0 Å². The molecule has 2 heterocycles. The first-order valence-corrected chi connectivity index (χ1v) is 7.86. The Bertz CT molecular complexity index is 368. The zero-order valence-electron chi connectivity index (χ0n) is 9.52. The summed E-state index contributed by atoms with van der Waals surface area (Å²) in [6.45, 7) is 4.58. The van der Waals surface area contributed by atoms with Crippen LogP contribution in [0, 0.1) is 6.92 Å². The molecular weight excluding hydrogens is 240 g/mol. The van der Waals surface area contributed by atoms with Crippen LogP contribution < -0.4 is 5.73 Å². The number of thiophene rings is 1. The molecule has 1 atom stereocenters. The molecule has 0 radical (unpaired) electrons. The maximum atomic E-state index is 11.3. The van der Waals surface area contributed by atoms with Crippen molar-refractivity contribution in [3.05, 3.63) is 21.9 Å². The highest BCUT2D eigenvalue weighted by atomic mass is 32.2. The number of nitrogens with zero attached hydrogens (tertiary/aromatic N) is 1. The number of aryl methyl sites for hydroxylation is 1. The van der Waals surface area contributed by atoms with E-state index in [1.165, 1.54) is 9.75 Å². The van der Waals surface area contributed by atoms with E-state index in [4.69, 9.17) is 5.73 Å². The zero-order chi connectivity index (χ0) is 11.5. The van der Waals surface area contributed by atoms with Gasteiger partial charge >= 0.3 is 0 Å². The van der Waals surface area contributed by atoms with Crippen molar-refractivity contribution in [3.63, 3.8) is 0 Å². The minimum absolute atomic E-state index is 0.316. The molecule has 3 nitrogen and oxygen atoms in total. The Kier molecular flexibility index (Phi) is 4.13. The van der Waals surface area contributed by atoms with Crippen molar-refractivity contribution >= 4 is 22.1 Å². The van der Waals surface area contributed by atoms with Gasteiger partial charge < -0.3 is 5.73 Å². The lowest BCUT2D eigenvalue weighted by atomic mass is 10.2. The lowest BCUT2D eigenvalue weighted by Crippen LogP contribution is -2.42. The van der Waals surface area contributed by atoms with Crippen molar-refractivity contribution in [1.82, 2.24) is 4.90 Å². The lowest BCUT2D eigenvalue weighted by molar-refractivity contribution is 0.224. The van der Waals surface area contributed by atoms with Crippen LogP contribution in [0.1, 0.15) is 15.8 Å². The second kappa shape index (κ2) is 5.40. The van der Waals surface area contributed by atoms with Gasteiger partial charge in [0.25, 0.3) is 0 Å². The minimum atomic E-state index is -0.610. The van der Waals surface area contributed by atoms with Crippen LogP contribution in [0.25, 0.3) is 0 Å². The van der Waals surface area contributed by atoms with Gasteiger partial charge in [-0.25, -0.2) is 0 Å². The van der Waals surface area contributed by atoms with E-state index in [0.717, 1.165) is 24.6 Å². The van der Waals surface area contributed by atoms with E-state index in [9.17, 15) is 4.21 Å². The smallest absolute Gasteiger partial charge is 0.0564 e. The monoisotopic (exact) mass is 258 g/mol. The molecule has 1 unspecified atom stereocenters. The van der Waals surface area contributed by atoms with Crippen LogP contribution in [0.15, 0.2) is 12.1 Å². The molecule has 0 aromatic carbocycles. The molecule has 1 fully saturated rings. The van der Waals surface area contributed by atoms with Crippen LogP contribution >= 0.6 is 11.3 Å². The van der Waals surface area contributed by atoms with Crippen LogP contribution in [0.2, 0.25) is 0 Å². The SMILES string of the molecule is Cc1ccc(C(CN)N2CCS(=O)CC2)s1. The standard InChI is InChI=1S/C11H18N2OS2/c1-9-2-3-11(15-9)10(8-12)13-4-6-16(14)7-5-13/h2-3,10H,4-8,12H2,1H3. The normalized spacial score (nSPS) is 21.1. The van der Waals surface area contributed by atoms with Crippen molar-refractivity contribution in [2.75, 3.05) is 31.1 Å². The first-order chi connectivity index (χ1) is 7.70. The van der Waals surface area contributed by atoms with Gasteiger partial charge in [0.1, 0.15) is 0 Å². The lowest BCUT2D eigenvalue weighted by Gasteiger charge is -2.32. The van der Waals surface area contributed by atoms with E-state index >= 15 is 0 Å². The van der Waals surface area contributed by atoms with Gasteiger partial charge in [0.15, 0.2) is 0 Å². The molecule has 16 heavy (non-hydrogen) atoms. The van der Waals surface area contributed by atoms with Crippen molar-refractivity contribution in [1.29, 1.82) is 0 Å². The molecule has 1 aliphatic heterocycles. The average Bonchev–Trinajstić information content (AvgIpc) is 2.69. The first-order valence-electron chi connectivity index (χ1n) is 5.56. The van der Waals surface area contributed by atoms with Crippen LogP contribution in [0.5, 0.6) is 0 Å². The Labute approximate surface area is 103 Å². The summed E-state index contributed by atoms with van der Waals surface area (Å²) in [6.07, 6.45) is 0. The van der Waals surface area contributed by atoms with Gasteiger partial charge in [0, 0.05) is 51.7 Å². The summed E-state index contributed by atoms with van der Waals surface area (Å²) in [7, 11) is -0.610. The molecule has 0 aliphatic carbocycles. The van der Waals surface area contributed by atoms with E-state index in [2.05, 4.69) is 24.0 Å². The van der Waals surface area contributed by atoms with E-state index in [-0.39, 0.29) is 0 Å². The summed E-state index contributed by atoms with van der Waals surface area (Å²) in [5, 5.41) is 0. The van der Waals surface area contributed by atoms with Crippen LogP contribution in [0.4, 0.5) is 0 Å². The van der Waals surface area contributed by atoms with Gasteiger partial charge in [0.05, 0.1) is 6.04 Å². The first kappa shape index (κ1) is 12.2. The van der Waals surface area contributed by atoms with E-state index in [1.807, 2.05) is 11.3 Å². The number of hydrogen-bond acceptors (Lipinski definition) is 4. The Morgan fingerprint density at radius 2 is 2.19 bits per heavy atom. The van der Waals surface area contributed by atoms with Gasteiger partial charge in [-0.15, -0.1) is 11.3 Å². The van der Waals surface area contributed by atoms with Gasteiger partial charge in [-0.05, 0) is 19.1 Å². The fraction of sp³-hybridized carbons (Fsp3) is 0.636. The average molecular weight is 258 g/mol. The molecule has 90 valence electrons. The second-order valence-electron chi connectivity index (χ2n) is 4.08. The Balaban J connectivity index is 2.07. The fourth-order valence-electron chi connectivity index (χ4n) is 2.04. The summed E-state index contributed by atoms with van der Waals surface area (Å²) in [4.78, 5) is 5.04. The summed E-state index contributed by atoms with van der Waals surface area (Å²) in [5.74, 6) is 1.59. The highest BCUT2D eigenvalue weighted by molar-refractivity contribution is 7.85. The topological polar surface area (TPSA) is 46.3 Å². The molecule has 5 heteroatoms. The van der Waals surface area contributed by atoms with Crippen LogP contribution in [-0.4, -0.2) is 40.2 Å². The predicted octanol–water partition coefficient (Wildman–Crippen LogP) is 1.12. The molecule has 1 saturated heterocycles. The van der Waals surface area contributed by atoms with Crippen LogP contribution in [0.3, 0.4) is 0 Å². The van der Waals surface area contributed by atoms with Gasteiger partial charge in [0.2, 0.25) is 0 Å². The number of rotatable bonds is 3. The van der Waals surface area contributed by atoms with Gasteiger partial charge in [-0.1, -0.05) is 0 Å². The molecule has 1 aromatic rings. The molecule has 0 saturated carbocycles. The molecule has 1 aromatic heterocycles. The summed E-state index contributed by atoms with van der Waals surface area (Å²) in [5.41, 5.74) is 5.87. The number of hydrogen-bond donors (Lipinski definition) is 1. The molecule has 1 aliphatic rings. The van der Waals surface area contributed by atoms with E-state index < -0.39 is 10.8 Å². The van der Waals surface area contributed by atoms with Crippen molar-refractivity contribution in [2.45, 2.75) is 13.0 Å². The van der Waals surface area contributed by atoms with Crippen LogP contribution in [-0.2, 0) is 10.8 Å². The minimum Gasteiger partial charge on any atom is -0.329 e. The fourth-order valence-corrected chi connectivity index (χ4v) is 4.15. The Hall–Kier alpha value is -0.230. The van der Waals surface area contributed by atoms with Gasteiger partial charge in [-0.3, -0.25) is 9.11 Å². The summed E-state index contributed by atoms with van der Waals surface area (Å²) >= 11 is 1.82. The maximum Gasteiger partial charge on any atom is 0.0564 e. The molecule has 2 rings (SSSR count). The number of nitrogens with two attached hydrogens (primary N) is 1. The summed E-state index contributed by atoms with van der Waals surface area (Å²) in [6, 6.07) is 4.63. The maximum absolute atomic E-state index is 11.3. The quantitative estimate of drug-likeness (QED) is 0.884. The highest BCUT2D eigenvalue weighted by Gasteiger charge is 2.24. The third kappa shape index (κ3) is 2.71. The molecule has 2 N–H and O–H groups in total. The van der Waals surface area contributed by atoms with Gasteiger partial charge in [-0.2, -0.15) is 0 Å². The largest absolute Gasteiger partial charge is 0.329 e. The predicted molar refractivity (Wildman–Crippen MR) is 70.3 cm³/mol. The third-order valence-corrected chi connectivity index (χ3v) is 5.34. The molecular formula is C11H18N2OS2. The van der Waals surface area contributed by atoms with Crippen molar-refractivity contribution < 1.29 is 4.21 Å². The Morgan fingerprint density at radius 1 is 1.50 bits per heavy atom. The summed E-state index contributed by atoms with van der Waals surface area (Å²) < 4.78 is 11.3. The molecule has 0 spiro atoms. The highest BCUT2D eigenvalue weighted by Crippen LogP contribution is 2.27. The molecule has 0 amide bonds. The second-order valence-corrected chi connectivity index (χ2v) is 7.10. The van der Waals surface area contributed by atoms with Crippen molar-refractivity contribution in [2.24, 2.45) is 5.73 Å². The molecule has 0 bridgehead atoms. The van der Waals surface area contributed by atoms with E-state index in [1.54, 1.807) is 0 Å². The van der Waals surface area contributed by atoms with E-state index in [0.29, 0.717) is 12.6 Å². The third-order valence-electron chi connectivity index (χ3n) is 2.97. The zero-order valence-corrected chi connectivity index (χ0v) is 11.1.